The van der Waals surface area contributed by atoms with Gasteiger partial charge in [0, 0.05) is 10.4 Å². The van der Waals surface area contributed by atoms with Crippen molar-refractivity contribution in [2.75, 3.05) is 7.11 Å². The van der Waals surface area contributed by atoms with Crippen LogP contribution in [0.3, 0.4) is 0 Å². The number of ether oxygens (including phenoxy) is 2. The summed E-state index contributed by atoms with van der Waals surface area (Å²) in [5.41, 5.74) is -0.753. The SMILES string of the molecule is COc1cc(-c2noc(CN3C(=O)NC(C)(c4cccs4)C3=O)n2)ccc1OC(F)F. The van der Waals surface area contributed by atoms with Crippen LogP contribution in [0.2, 0.25) is 0 Å². The average molecular weight is 450 g/mol. The predicted molar refractivity (Wildman–Crippen MR) is 104 cm³/mol. The minimum absolute atomic E-state index is 0.0285. The van der Waals surface area contributed by atoms with Crippen molar-refractivity contribution in [3.63, 3.8) is 0 Å². The fourth-order valence-electron chi connectivity index (χ4n) is 3.14. The summed E-state index contributed by atoms with van der Waals surface area (Å²) in [6.45, 7) is -1.59. The number of nitrogens with one attached hydrogen (secondary N) is 1. The zero-order valence-electron chi connectivity index (χ0n) is 16.3. The number of amides is 3. The number of urea groups is 1. The van der Waals surface area contributed by atoms with E-state index in [-0.39, 0.29) is 29.8 Å². The maximum atomic E-state index is 12.9. The van der Waals surface area contributed by atoms with E-state index in [2.05, 4.69) is 20.2 Å². The monoisotopic (exact) mass is 450 g/mol. The first-order valence-corrected chi connectivity index (χ1v) is 9.83. The Morgan fingerprint density at radius 3 is 2.77 bits per heavy atom. The van der Waals surface area contributed by atoms with Crippen LogP contribution in [0.5, 0.6) is 11.5 Å². The summed E-state index contributed by atoms with van der Waals surface area (Å²) in [5.74, 6) is -0.359. The zero-order valence-corrected chi connectivity index (χ0v) is 17.1. The lowest BCUT2D eigenvalue weighted by molar-refractivity contribution is -0.131. The molecule has 0 bridgehead atoms. The lowest BCUT2D eigenvalue weighted by Crippen LogP contribution is -2.40. The third kappa shape index (κ3) is 3.81. The molecule has 0 spiro atoms. The van der Waals surface area contributed by atoms with Gasteiger partial charge in [0.15, 0.2) is 17.0 Å². The van der Waals surface area contributed by atoms with Gasteiger partial charge in [0.2, 0.25) is 11.7 Å². The summed E-state index contributed by atoms with van der Waals surface area (Å²) in [7, 11) is 1.31. The van der Waals surface area contributed by atoms with E-state index in [9.17, 15) is 18.4 Å². The molecular weight excluding hydrogens is 434 g/mol. The normalized spacial score (nSPS) is 18.5. The van der Waals surface area contributed by atoms with Crippen LogP contribution < -0.4 is 14.8 Å². The first-order chi connectivity index (χ1) is 14.8. The number of aromatic nitrogens is 2. The number of methoxy groups -OCH3 is 1. The van der Waals surface area contributed by atoms with Gasteiger partial charge in [-0.1, -0.05) is 11.2 Å². The molecule has 1 aliphatic rings. The number of hydrogen-bond donors (Lipinski definition) is 1. The molecule has 1 atom stereocenters. The Morgan fingerprint density at radius 1 is 1.29 bits per heavy atom. The highest BCUT2D eigenvalue weighted by molar-refractivity contribution is 7.10. The first-order valence-electron chi connectivity index (χ1n) is 8.95. The van der Waals surface area contributed by atoms with Gasteiger partial charge < -0.3 is 19.3 Å². The maximum Gasteiger partial charge on any atom is 0.387 e. The second-order valence-electron chi connectivity index (χ2n) is 6.68. The van der Waals surface area contributed by atoms with Gasteiger partial charge in [-0.2, -0.15) is 13.8 Å². The van der Waals surface area contributed by atoms with Crippen molar-refractivity contribution in [3.05, 3.63) is 46.5 Å². The molecule has 1 unspecified atom stereocenters. The Kier molecular flexibility index (Phi) is 5.31. The van der Waals surface area contributed by atoms with Gasteiger partial charge in [-0.05, 0) is 36.6 Å². The molecular formula is C19H16F2N4O5S. The van der Waals surface area contributed by atoms with Crippen LogP contribution in [0.15, 0.2) is 40.2 Å². The van der Waals surface area contributed by atoms with Crippen molar-refractivity contribution in [2.24, 2.45) is 0 Å². The summed E-state index contributed by atoms with van der Waals surface area (Å²) in [6, 6.07) is 7.15. The van der Waals surface area contributed by atoms with E-state index in [1.165, 1.54) is 36.6 Å². The molecule has 0 aliphatic carbocycles. The van der Waals surface area contributed by atoms with Crippen molar-refractivity contribution in [2.45, 2.75) is 25.6 Å². The van der Waals surface area contributed by atoms with Gasteiger partial charge in [-0.25, -0.2) is 4.79 Å². The molecule has 9 nitrogen and oxygen atoms in total. The van der Waals surface area contributed by atoms with E-state index in [0.717, 1.165) is 4.90 Å². The number of carbonyl (C=O) groups is 2. The average Bonchev–Trinajstić information content (AvgIpc) is 3.47. The Balaban J connectivity index is 1.53. The third-order valence-corrected chi connectivity index (χ3v) is 5.78. The molecule has 162 valence electrons. The number of thiophene rings is 1. The van der Waals surface area contributed by atoms with E-state index < -0.39 is 24.1 Å². The van der Waals surface area contributed by atoms with Crippen molar-refractivity contribution in [1.29, 1.82) is 0 Å². The molecule has 12 heteroatoms. The number of hydrogen-bond acceptors (Lipinski definition) is 8. The van der Waals surface area contributed by atoms with Crippen LogP contribution in [-0.2, 0) is 16.9 Å². The van der Waals surface area contributed by atoms with E-state index in [1.54, 1.807) is 19.1 Å². The van der Waals surface area contributed by atoms with Gasteiger partial charge in [-0.3, -0.25) is 9.69 Å². The van der Waals surface area contributed by atoms with Crippen LogP contribution >= 0.6 is 11.3 Å². The van der Waals surface area contributed by atoms with Gasteiger partial charge in [0.25, 0.3) is 5.91 Å². The van der Waals surface area contributed by atoms with Gasteiger partial charge in [0.1, 0.15) is 6.54 Å². The third-order valence-electron chi connectivity index (χ3n) is 4.69. The van der Waals surface area contributed by atoms with Crippen LogP contribution in [0.4, 0.5) is 13.6 Å². The van der Waals surface area contributed by atoms with Crippen molar-refractivity contribution >= 4 is 23.3 Å². The van der Waals surface area contributed by atoms with Gasteiger partial charge in [0.05, 0.1) is 7.11 Å². The van der Waals surface area contributed by atoms with Crippen molar-refractivity contribution in [3.8, 4) is 22.9 Å². The van der Waals surface area contributed by atoms with E-state index >= 15 is 0 Å². The Labute approximate surface area is 178 Å². The molecule has 4 rings (SSSR count). The van der Waals surface area contributed by atoms with E-state index in [4.69, 9.17) is 9.26 Å². The molecule has 1 aromatic carbocycles. The summed E-state index contributed by atoms with van der Waals surface area (Å²) in [5, 5.41) is 8.35. The molecule has 1 saturated heterocycles. The largest absolute Gasteiger partial charge is 0.493 e. The Hall–Kier alpha value is -3.54. The van der Waals surface area contributed by atoms with Crippen LogP contribution in [-0.4, -0.2) is 40.7 Å². The van der Waals surface area contributed by atoms with Gasteiger partial charge in [-0.15, -0.1) is 11.3 Å². The van der Waals surface area contributed by atoms with Crippen molar-refractivity contribution < 1.29 is 32.4 Å². The van der Waals surface area contributed by atoms with E-state index in [0.29, 0.717) is 10.4 Å². The quantitative estimate of drug-likeness (QED) is 0.550. The fraction of sp³-hybridized carbons (Fsp3) is 0.263. The fourth-order valence-corrected chi connectivity index (χ4v) is 3.98. The summed E-state index contributed by atoms with van der Waals surface area (Å²) in [6.07, 6.45) is 0. The van der Waals surface area contributed by atoms with Crippen LogP contribution in [0.1, 0.15) is 17.7 Å². The van der Waals surface area contributed by atoms with Crippen LogP contribution in [0.25, 0.3) is 11.4 Å². The maximum absolute atomic E-state index is 12.9. The van der Waals surface area contributed by atoms with E-state index in [1.807, 2.05) is 5.38 Å². The van der Waals surface area contributed by atoms with Crippen LogP contribution in [0, 0.1) is 0 Å². The molecule has 0 radical (unpaired) electrons. The zero-order chi connectivity index (χ0) is 22.2. The number of rotatable bonds is 7. The lowest BCUT2D eigenvalue weighted by Gasteiger charge is -2.19. The van der Waals surface area contributed by atoms with Crippen molar-refractivity contribution in [1.82, 2.24) is 20.4 Å². The molecule has 1 fully saturated rings. The van der Waals surface area contributed by atoms with Gasteiger partial charge >= 0.3 is 12.6 Å². The number of halogens is 2. The Bertz CT molecular complexity index is 1120. The number of nitrogens with zero attached hydrogens (tertiary/aromatic N) is 3. The topological polar surface area (TPSA) is 107 Å². The molecule has 0 saturated carbocycles. The second kappa shape index (κ2) is 7.95. The number of imide groups is 1. The highest BCUT2D eigenvalue weighted by Gasteiger charge is 2.50. The highest BCUT2D eigenvalue weighted by atomic mass is 32.1. The number of benzene rings is 1. The molecule has 3 heterocycles. The summed E-state index contributed by atoms with van der Waals surface area (Å²) in [4.78, 5) is 31.2. The standard InChI is InChI=1S/C19H16F2N4O5S/c1-19(13-4-3-7-31-13)16(26)25(18(27)23-19)9-14-22-15(24-30-14)10-5-6-11(29-17(20)21)12(8-10)28-2/h3-8,17H,9H2,1-2H3,(H,23,27). The first kappa shape index (κ1) is 20.7. The summed E-state index contributed by atoms with van der Waals surface area (Å²) >= 11 is 1.36. The second-order valence-corrected chi connectivity index (χ2v) is 7.63. The Morgan fingerprint density at radius 2 is 2.10 bits per heavy atom. The molecule has 31 heavy (non-hydrogen) atoms. The summed E-state index contributed by atoms with van der Waals surface area (Å²) < 4.78 is 39.6. The number of carbonyl (C=O) groups excluding carboxylic acids is 2. The minimum atomic E-state index is -3.00. The molecule has 1 aliphatic heterocycles. The minimum Gasteiger partial charge on any atom is -0.493 e. The molecule has 3 amide bonds. The predicted octanol–water partition coefficient (Wildman–Crippen LogP) is 3.38. The lowest BCUT2D eigenvalue weighted by atomic mass is 10.0. The molecule has 2 aromatic heterocycles. The molecule has 3 aromatic rings. The number of alkyl halides is 2. The smallest absolute Gasteiger partial charge is 0.387 e. The molecule has 1 N–H and O–H groups in total. The highest BCUT2D eigenvalue weighted by Crippen LogP contribution is 2.34.